The molecular weight excluding hydrogens is 344 g/mol. The molecule has 0 radical (unpaired) electrons. The van der Waals surface area contributed by atoms with Gasteiger partial charge in [0.1, 0.15) is 0 Å². The minimum atomic E-state index is -0.399. The van der Waals surface area contributed by atoms with E-state index < -0.39 is 5.97 Å². The molecule has 2 aromatic rings. The van der Waals surface area contributed by atoms with Gasteiger partial charge in [0.2, 0.25) is 0 Å². The van der Waals surface area contributed by atoms with Crippen molar-refractivity contribution in [2.45, 2.75) is 26.8 Å². The third-order valence-corrected chi connectivity index (χ3v) is 4.21. The molecule has 2 rings (SSSR count). The maximum atomic E-state index is 12.0. The Kier molecular flexibility index (Phi) is 7.11. The quantitative estimate of drug-likeness (QED) is 0.462. The highest BCUT2D eigenvalue weighted by atomic mass is 16.6. The second kappa shape index (κ2) is 9.52. The Hall–Kier alpha value is -3.15. The highest BCUT2D eigenvalue weighted by Crippen LogP contribution is 2.16. The third kappa shape index (κ3) is 5.95. The van der Waals surface area contributed by atoms with Crippen LogP contribution in [0.5, 0.6) is 0 Å². The Morgan fingerprint density at radius 1 is 1.11 bits per heavy atom. The maximum Gasteiger partial charge on any atom is 0.337 e. The van der Waals surface area contributed by atoms with Gasteiger partial charge in [-0.2, -0.15) is 0 Å². The molecule has 1 N–H and O–H groups in total. The van der Waals surface area contributed by atoms with E-state index in [2.05, 4.69) is 28.2 Å². The van der Waals surface area contributed by atoms with Crippen LogP contribution in [0.4, 0.5) is 0 Å². The Bertz CT molecular complexity index is 829. The molecule has 0 fully saturated rings. The zero-order chi connectivity index (χ0) is 19.8. The summed E-state index contributed by atoms with van der Waals surface area (Å²) in [6.07, 6.45) is 1.47. The summed E-state index contributed by atoms with van der Waals surface area (Å²) in [7, 11) is 1.33. The number of rotatable bonds is 7. The van der Waals surface area contributed by atoms with E-state index in [1.54, 1.807) is 24.3 Å². The maximum absolute atomic E-state index is 12.0. The summed E-state index contributed by atoms with van der Waals surface area (Å²) < 4.78 is 4.64. The zero-order valence-corrected chi connectivity index (χ0v) is 16.0. The third-order valence-electron chi connectivity index (χ3n) is 4.21. The number of benzene rings is 2. The minimum Gasteiger partial charge on any atom is -0.465 e. The molecule has 0 aromatic heterocycles. The van der Waals surface area contributed by atoms with E-state index in [1.165, 1.54) is 24.5 Å². The van der Waals surface area contributed by atoms with Crippen LogP contribution >= 0.6 is 0 Å². The van der Waals surface area contributed by atoms with Crippen LogP contribution in [-0.4, -0.2) is 31.8 Å². The van der Waals surface area contributed by atoms with E-state index in [9.17, 15) is 9.59 Å². The fourth-order valence-electron chi connectivity index (χ4n) is 2.42. The fraction of sp³-hybridized carbons (Fsp3) is 0.286. The van der Waals surface area contributed by atoms with E-state index in [1.807, 2.05) is 26.0 Å². The van der Waals surface area contributed by atoms with Crippen LogP contribution in [0.25, 0.3) is 0 Å². The second-order valence-corrected chi connectivity index (χ2v) is 6.25. The molecule has 0 aliphatic carbocycles. The average Bonchev–Trinajstić information content (AvgIpc) is 2.67. The van der Waals surface area contributed by atoms with Gasteiger partial charge in [-0.05, 0) is 55.2 Å². The lowest BCUT2D eigenvalue weighted by Gasteiger charge is -2.15. The van der Waals surface area contributed by atoms with Crippen molar-refractivity contribution in [1.82, 2.24) is 5.32 Å². The fourth-order valence-corrected chi connectivity index (χ4v) is 2.42. The van der Waals surface area contributed by atoms with Gasteiger partial charge >= 0.3 is 5.97 Å². The Morgan fingerprint density at radius 3 is 2.44 bits per heavy atom. The first-order chi connectivity index (χ1) is 12.9. The van der Waals surface area contributed by atoms with Gasteiger partial charge in [0.25, 0.3) is 5.91 Å². The smallest absolute Gasteiger partial charge is 0.337 e. The summed E-state index contributed by atoms with van der Waals surface area (Å²) in [5, 5.41) is 6.66. The first kappa shape index (κ1) is 20.2. The molecule has 6 nitrogen and oxygen atoms in total. The molecule has 2 aromatic carbocycles. The van der Waals surface area contributed by atoms with Gasteiger partial charge in [-0.3, -0.25) is 4.79 Å². The lowest BCUT2D eigenvalue weighted by molar-refractivity contribution is -0.126. The number of ether oxygens (including phenoxy) is 1. The number of hydrogen-bond acceptors (Lipinski definition) is 5. The molecule has 0 saturated carbocycles. The topological polar surface area (TPSA) is 77.0 Å². The highest BCUT2D eigenvalue weighted by Gasteiger charge is 2.10. The summed E-state index contributed by atoms with van der Waals surface area (Å²) in [6.45, 7) is 5.85. The summed E-state index contributed by atoms with van der Waals surface area (Å²) in [4.78, 5) is 28.4. The number of carbonyl (C=O) groups excluding carboxylic acids is 2. The van der Waals surface area contributed by atoms with Crippen LogP contribution in [0.15, 0.2) is 47.6 Å². The number of aryl methyl sites for hydroxylation is 2. The molecule has 1 atom stereocenters. The van der Waals surface area contributed by atoms with Crippen LogP contribution in [0.3, 0.4) is 0 Å². The summed E-state index contributed by atoms with van der Waals surface area (Å²) in [5.41, 5.74) is 4.64. The van der Waals surface area contributed by atoms with Gasteiger partial charge in [-0.25, -0.2) is 4.79 Å². The van der Waals surface area contributed by atoms with Crippen LogP contribution in [0.2, 0.25) is 0 Å². The number of amides is 1. The van der Waals surface area contributed by atoms with Crippen LogP contribution in [-0.2, 0) is 14.4 Å². The second-order valence-electron chi connectivity index (χ2n) is 6.25. The van der Waals surface area contributed by atoms with Gasteiger partial charge in [0.15, 0.2) is 6.61 Å². The van der Waals surface area contributed by atoms with Crippen molar-refractivity contribution in [3.8, 4) is 0 Å². The summed E-state index contributed by atoms with van der Waals surface area (Å²) >= 11 is 0. The standard InChI is InChI=1S/C21H24N2O4/c1-14-5-8-19(11-15(14)2)16(3)23-20(24)13-27-22-12-17-6-9-18(10-7-17)21(25)26-4/h5-12,16H,13H2,1-4H3,(H,23,24)/b22-12+. The SMILES string of the molecule is COC(=O)c1ccc(/C=N/OCC(=O)NC(C)c2ccc(C)c(C)c2)cc1. The summed E-state index contributed by atoms with van der Waals surface area (Å²) in [5.74, 6) is -0.650. The van der Waals surface area contributed by atoms with Gasteiger partial charge in [-0.15, -0.1) is 0 Å². The molecule has 0 bridgehead atoms. The first-order valence-corrected chi connectivity index (χ1v) is 8.61. The first-order valence-electron chi connectivity index (χ1n) is 8.61. The summed E-state index contributed by atoms with van der Waals surface area (Å²) in [6, 6.07) is 12.7. The number of carbonyl (C=O) groups is 2. The van der Waals surface area contributed by atoms with Gasteiger partial charge in [0.05, 0.1) is 24.9 Å². The number of methoxy groups -OCH3 is 1. The normalized spacial score (nSPS) is 11.9. The van der Waals surface area contributed by atoms with Crippen molar-refractivity contribution in [3.63, 3.8) is 0 Å². The lowest BCUT2D eigenvalue weighted by Crippen LogP contribution is -2.29. The number of nitrogens with one attached hydrogen (secondary N) is 1. The van der Waals surface area contributed by atoms with E-state index >= 15 is 0 Å². The molecular formula is C21H24N2O4. The largest absolute Gasteiger partial charge is 0.465 e. The molecule has 0 spiro atoms. The lowest BCUT2D eigenvalue weighted by atomic mass is 10.0. The van der Waals surface area contributed by atoms with Gasteiger partial charge in [-0.1, -0.05) is 35.5 Å². The van der Waals surface area contributed by atoms with Crippen LogP contribution in [0.1, 0.15) is 45.6 Å². The molecule has 1 unspecified atom stereocenters. The molecule has 27 heavy (non-hydrogen) atoms. The van der Waals surface area contributed by atoms with E-state index in [-0.39, 0.29) is 18.6 Å². The molecule has 0 heterocycles. The predicted octanol–water partition coefficient (Wildman–Crippen LogP) is 3.32. The molecule has 142 valence electrons. The molecule has 1 amide bonds. The Balaban J connectivity index is 1.80. The predicted molar refractivity (Wildman–Crippen MR) is 104 cm³/mol. The number of hydrogen-bond donors (Lipinski definition) is 1. The van der Waals surface area contributed by atoms with Crippen molar-refractivity contribution < 1.29 is 19.2 Å². The number of nitrogens with zero attached hydrogens (tertiary/aromatic N) is 1. The van der Waals surface area contributed by atoms with Crippen LogP contribution in [0, 0.1) is 13.8 Å². The molecule has 0 saturated heterocycles. The van der Waals surface area contributed by atoms with Crippen molar-refractivity contribution in [2.75, 3.05) is 13.7 Å². The molecule has 6 heteroatoms. The average molecular weight is 368 g/mol. The van der Waals surface area contributed by atoms with Crippen molar-refractivity contribution in [1.29, 1.82) is 0 Å². The molecule has 0 aliphatic rings. The van der Waals surface area contributed by atoms with Crippen LogP contribution < -0.4 is 5.32 Å². The zero-order valence-electron chi connectivity index (χ0n) is 16.0. The van der Waals surface area contributed by atoms with E-state index in [0.29, 0.717) is 5.56 Å². The van der Waals surface area contributed by atoms with E-state index in [4.69, 9.17) is 4.84 Å². The number of oxime groups is 1. The Labute approximate surface area is 159 Å². The van der Waals surface area contributed by atoms with Crippen molar-refractivity contribution >= 4 is 18.1 Å². The monoisotopic (exact) mass is 368 g/mol. The van der Waals surface area contributed by atoms with Crippen molar-refractivity contribution in [2.24, 2.45) is 5.16 Å². The highest BCUT2D eigenvalue weighted by molar-refractivity contribution is 5.90. The molecule has 0 aliphatic heterocycles. The van der Waals surface area contributed by atoms with E-state index in [0.717, 1.165) is 11.1 Å². The van der Waals surface area contributed by atoms with Crippen molar-refractivity contribution in [3.05, 3.63) is 70.3 Å². The Morgan fingerprint density at radius 2 is 1.81 bits per heavy atom. The minimum absolute atomic E-state index is 0.116. The van der Waals surface area contributed by atoms with Gasteiger partial charge in [0, 0.05) is 0 Å². The number of esters is 1. The van der Waals surface area contributed by atoms with Gasteiger partial charge < -0.3 is 14.9 Å².